The van der Waals surface area contributed by atoms with Crippen LogP contribution in [0.15, 0.2) is 23.7 Å². The maximum Gasteiger partial charge on any atom is 0.121 e. The predicted octanol–water partition coefficient (Wildman–Crippen LogP) is 2.82. The molecule has 0 aliphatic carbocycles. The Balaban J connectivity index is 2.43. The van der Waals surface area contributed by atoms with E-state index < -0.39 is 0 Å². The largest absolute Gasteiger partial charge is 0.388 e. The number of nitrogens with zero attached hydrogens (tertiary/aromatic N) is 1. The van der Waals surface area contributed by atoms with Gasteiger partial charge in [0.05, 0.1) is 11.0 Å². The minimum absolute atomic E-state index is 1.08. The SMILES string of the molecule is CNc1ccc2c(c1)[nH]c1scnc12. The highest BCUT2D eigenvalue weighted by Gasteiger charge is 2.06. The minimum Gasteiger partial charge on any atom is -0.388 e. The summed E-state index contributed by atoms with van der Waals surface area (Å²) in [4.78, 5) is 8.82. The van der Waals surface area contributed by atoms with Crippen molar-refractivity contribution in [3.8, 4) is 0 Å². The standard InChI is InChI=1S/C10H9N3S/c1-11-6-2-3-7-8(4-6)13-10-9(7)12-5-14-10/h2-5,11,13H,1H3. The molecule has 0 saturated carbocycles. The quantitative estimate of drug-likeness (QED) is 0.638. The third-order valence-corrected chi connectivity index (χ3v) is 3.12. The van der Waals surface area contributed by atoms with E-state index in [0.29, 0.717) is 0 Å². The number of H-pyrrole nitrogens is 1. The number of rotatable bonds is 1. The Morgan fingerprint density at radius 2 is 2.36 bits per heavy atom. The molecule has 3 rings (SSSR count). The summed E-state index contributed by atoms with van der Waals surface area (Å²) in [5.74, 6) is 0. The number of anilines is 1. The summed E-state index contributed by atoms with van der Waals surface area (Å²) in [7, 11) is 1.92. The van der Waals surface area contributed by atoms with Gasteiger partial charge in [-0.05, 0) is 18.2 Å². The maximum absolute atomic E-state index is 4.33. The second-order valence-electron chi connectivity index (χ2n) is 3.17. The lowest BCUT2D eigenvalue weighted by molar-refractivity contribution is 1.51. The van der Waals surface area contributed by atoms with Crippen molar-refractivity contribution in [1.82, 2.24) is 9.97 Å². The van der Waals surface area contributed by atoms with E-state index in [1.165, 1.54) is 5.39 Å². The predicted molar refractivity (Wildman–Crippen MR) is 61.0 cm³/mol. The molecule has 0 aliphatic heterocycles. The van der Waals surface area contributed by atoms with Gasteiger partial charge in [-0.15, -0.1) is 11.3 Å². The first kappa shape index (κ1) is 7.82. The Morgan fingerprint density at radius 1 is 1.43 bits per heavy atom. The molecule has 0 bridgehead atoms. The maximum atomic E-state index is 4.33. The second-order valence-corrected chi connectivity index (χ2v) is 4.02. The van der Waals surface area contributed by atoms with Crippen LogP contribution in [0.2, 0.25) is 0 Å². The first-order valence-electron chi connectivity index (χ1n) is 4.41. The molecule has 0 radical (unpaired) electrons. The molecule has 0 saturated heterocycles. The van der Waals surface area contributed by atoms with Crippen molar-refractivity contribution in [2.24, 2.45) is 0 Å². The van der Waals surface area contributed by atoms with Gasteiger partial charge < -0.3 is 10.3 Å². The summed E-state index contributed by atoms with van der Waals surface area (Å²) in [6.45, 7) is 0. The topological polar surface area (TPSA) is 40.7 Å². The van der Waals surface area contributed by atoms with Gasteiger partial charge in [0, 0.05) is 18.1 Å². The summed E-state index contributed by atoms with van der Waals surface area (Å²) in [5, 5.41) is 4.31. The highest BCUT2D eigenvalue weighted by atomic mass is 32.1. The summed E-state index contributed by atoms with van der Waals surface area (Å²) in [5.41, 5.74) is 5.21. The van der Waals surface area contributed by atoms with E-state index in [1.54, 1.807) is 11.3 Å². The molecule has 0 amide bonds. The molecular weight excluding hydrogens is 194 g/mol. The number of benzene rings is 1. The van der Waals surface area contributed by atoms with Gasteiger partial charge in [-0.1, -0.05) is 0 Å². The number of hydrogen-bond donors (Lipinski definition) is 2. The summed E-state index contributed by atoms with van der Waals surface area (Å²) in [6, 6.07) is 6.26. The summed E-state index contributed by atoms with van der Waals surface area (Å²) >= 11 is 1.64. The molecule has 70 valence electrons. The van der Waals surface area contributed by atoms with E-state index in [2.05, 4.69) is 33.5 Å². The number of fused-ring (bicyclic) bond motifs is 3. The van der Waals surface area contributed by atoms with Crippen LogP contribution < -0.4 is 5.32 Å². The third kappa shape index (κ3) is 0.943. The van der Waals surface area contributed by atoms with Gasteiger partial charge in [0.15, 0.2) is 0 Å². The van der Waals surface area contributed by atoms with Crippen LogP contribution in [-0.2, 0) is 0 Å². The lowest BCUT2D eigenvalue weighted by Crippen LogP contribution is -1.86. The van der Waals surface area contributed by atoms with Crippen molar-refractivity contribution in [1.29, 1.82) is 0 Å². The Kier molecular flexibility index (Phi) is 1.52. The molecule has 4 heteroatoms. The van der Waals surface area contributed by atoms with Gasteiger partial charge in [0.1, 0.15) is 10.3 Å². The molecule has 0 unspecified atom stereocenters. The van der Waals surface area contributed by atoms with Crippen molar-refractivity contribution >= 4 is 38.3 Å². The monoisotopic (exact) mass is 203 g/mol. The van der Waals surface area contributed by atoms with E-state index in [9.17, 15) is 0 Å². The smallest absolute Gasteiger partial charge is 0.121 e. The highest BCUT2D eigenvalue weighted by molar-refractivity contribution is 7.16. The molecule has 0 atom stereocenters. The zero-order valence-corrected chi connectivity index (χ0v) is 8.48. The average molecular weight is 203 g/mol. The molecular formula is C10H9N3S. The molecule has 0 fully saturated rings. The fourth-order valence-electron chi connectivity index (χ4n) is 1.66. The van der Waals surface area contributed by atoms with Gasteiger partial charge in [-0.2, -0.15) is 0 Å². The highest BCUT2D eigenvalue weighted by Crippen LogP contribution is 2.28. The summed E-state index contributed by atoms with van der Waals surface area (Å²) < 4.78 is 0. The molecule has 0 spiro atoms. The first-order chi connectivity index (χ1) is 6.88. The molecule has 1 aromatic carbocycles. The van der Waals surface area contributed by atoms with E-state index in [0.717, 1.165) is 21.6 Å². The lowest BCUT2D eigenvalue weighted by atomic mass is 10.2. The van der Waals surface area contributed by atoms with Crippen LogP contribution in [0.5, 0.6) is 0 Å². The van der Waals surface area contributed by atoms with Gasteiger partial charge >= 0.3 is 0 Å². The number of thiazole rings is 1. The van der Waals surface area contributed by atoms with Crippen LogP contribution in [0, 0.1) is 0 Å². The van der Waals surface area contributed by atoms with Crippen LogP contribution in [-0.4, -0.2) is 17.0 Å². The van der Waals surface area contributed by atoms with Crippen molar-refractivity contribution in [3.05, 3.63) is 23.7 Å². The van der Waals surface area contributed by atoms with Gasteiger partial charge in [-0.3, -0.25) is 0 Å². The molecule has 3 aromatic rings. The molecule has 2 aromatic heterocycles. The van der Waals surface area contributed by atoms with Crippen molar-refractivity contribution in [2.45, 2.75) is 0 Å². The van der Waals surface area contributed by atoms with Crippen molar-refractivity contribution < 1.29 is 0 Å². The Hall–Kier alpha value is -1.55. The Morgan fingerprint density at radius 3 is 3.21 bits per heavy atom. The van der Waals surface area contributed by atoms with Gasteiger partial charge in [0.25, 0.3) is 0 Å². The fourth-order valence-corrected chi connectivity index (χ4v) is 2.37. The fraction of sp³-hybridized carbons (Fsp3) is 0.100. The molecule has 2 N–H and O–H groups in total. The molecule has 14 heavy (non-hydrogen) atoms. The van der Waals surface area contributed by atoms with Crippen molar-refractivity contribution in [3.63, 3.8) is 0 Å². The number of nitrogens with one attached hydrogen (secondary N) is 2. The molecule has 3 nitrogen and oxygen atoms in total. The van der Waals surface area contributed by atoms with Gasteiger partial charge in [-0.25, -0.2) is 4.98 Å². The first-order valence-corrected chi connectivity index (χ1v) is 5.29. The molecule has 0 aliphatic rings. The van der Waals surface area contributed by atoms with E-state index >= 15 is 0 Å². The van der Waals surface area contributed by atoms with Crippen LogP contribution in [0.1, 0.15) is 0 Å². The number of aromatic amines is 1. The zero-order chi connectivity index (χ0) is 9.54. The van der Waals surface area contributed by atoms with Crippen LogP contribution in [0.25, 0.3) is 21.3 Å². The van der Waals surface area contributed by atoms with E-state index in [4.69, 9.17) is 0 Å². The van der Waals surface area contributed by atoms with E-state index in [-0.39, 0.29) is 0 Å². The van der Waals surface area contributed by atoms with E-state index in [1.807, 2.05) is 12.6 Å². The van der Waals surface area contributed by atoms with Crippen LogP contribution in [0.4, 0.5) is 5.69 Å². The number of hydrogen-bond acceptors (Lipinski definition) is 3. The average Bonchev–Trinajstić information content (AvgIpc) is 2.75. The van der Waals surface area contributed by atoms with Crippen molar-refractivity contribution in [2.75, 3.05) is 12.4 Å². The Labute approximate surface area is 84.8 Å². The van der Waals surface area contributed by atoms with Gasteiger partial charge in [0.2, 0.25) is 0 Å². The normalized spacial score (nSPS) is 11.2. The van der Waals surface area contributed by atoms with Crippen LogP contribution >= 0.6 is 11.3 Å². The minimum atomic E-state index is 1.08. The van der Waals surface area contributed by atoms with Crippen LogP contribution in [0.3, 0.4) is 0 Å². The Bertz CT molecular complexity index is 593. The summed E-state index contributed by atoms with van der Waals surface area (Å²) in [6.07, 6.45) is 0. The second kappa shape index (κ2) is 2.72. The third-order valence-electron chi connectivity index (χ3n) is 2.38. The molecule has 2 heterocycles. The lowest BCUT2D eigenvalue weighted by Gasteiger charge is -1.98. The number of aromatic nitrogens is 2. The zero-order valence-electron chi connectivity index (χ0n) is 7.66.